The van der Waals surface area contributed by atoms with Gasteiger partial charge in [-0.3, -0.25) is 9.88 Å². The molecule has 1 aliphatic rings. The van der Waals surface area contributed by atoms with Crippen molar-refractivity contribution >= 4 is 21.8 Å². The first-order chi connectivity index (χ1) is 16.3. The molecule has 0 amide bonds. The summed E-state index contributed by atoms with van der Waals surface area (Å²) in [7, 11) is 1.63. The van der Waals surface area contributed by atoms with Crippen LogP contribution < -0.4 is 14.2 Å². The van der Waals surface area contributed by atoms with E-state index in [-0.39, 0.29) is 0 Å². The molecule has 33 heavy (non-hydrogen) atoms. The number of hydrogen-bond acceptors (Lipinski definition) is 8. The molecule has 0 bridgehead atoms. The van der Waals surface area contributed by atoms with Crippen LogP contribution in [0.4, 0.5) is 0 Å². The summed E-state index contributed by atoms with van der Waals surface area (Å²) in [4.78, 5) is 15.5. The molecule has 5 rings (SSSR count). The summed E-state index contributed by atoms with van der Waals surface area (Å²) < 4.78 is 23.1. The van der Waals surface area contributed by atoms with E-state index in [0.717, 1.165) is 61.1 Å². The maximum absolute atomic E-state index is 6.10. The van der Waals surface area contributed by atoms with Gasteiger partial charge in [-0.25, -0.2) is 9.97 Å². The van der Waals surface area contributed by atoms with Crippen molar-refractivity contribution in [2.45, 2.75) is 6.42 Å². The molecule has 0 unspecified atom stereocenters. The van der Waals surface area contributed by atoms with Gasteiger partial charge in [0, 0.05) is 43.4 Å². The number of nitrogens with zero attached hydrogens (tertiary/aromatic N) is 4. The van der Waals surface area contributed by atoms with Gasteiger partial charge in [0.15, 0.2) is 11.5 Å². The number of ether oxygens (including phenoxy) is 4. The average Bonchev–Trinajstić information content (AvgIpc) is 2.87. The SMILES string of the molecule is COc1cc2c(Oc3ccc4cccnc4c3)ncnc2cc1OCCCN1CCOCC1. The quantitative estimate of drug-likeness (QED) is 0.375. The first-order valence-electron chi connectivity index (χ1n) is 11.1. The molecule has 0 saturated carbocycles. The number of pyridine rings is 1. The normalized spacial score (nSPS) is 14.5. The van der Waals surface area contributed by atoms with E-state index < -0.39 is 0 Å². The van der Waals surface area contributed by atoms with Crippen LogP contribution in [0.2, 0.25) is 0 Å². The van der Waals surface area contributed by atoms with Crippen LogP contribution in [0.25, 0.3) is 21.8 Å². The zero-order valence-corrected chi connectivity index (χ0v) is 18.6. The molecule has 0 atom stereocenters. The molecule has 2 aromatic carbocycles. The highest BCUT2D eigenvalue weighted by Crippen LogP contribution is 2.36. The van der Waals surface area contributed by atoms with E-state index in [2.05, 4.69) is 19.9 Å². The van der Waals surface area contributed by atoms with E-state index in [1.54, 1.807) is 13.3 Å². The van der Waals surface area contributed by atoms with Crippen LogP contribution in [-0.2, 0) is 4.74 Å². The summed E-state index contributed by atoms with van der Waals surface area (Å²) in [6, 6.07) is 13.4. The Morgan fingerprint density at radius 2 is 1.88 bits per heavy atom. The molecule has 8 nitrogen and oxygen atoms in total. The van der Waals surface area contributed by atoms with Gasteiger partial charge in [0.1, 0.15) is 12.1 Å². The van der Waals surface area contributed by atoms with Crippen molar-refractivity contribution in [3.05, 3.63) is 55.0 Å². The highest BCUT2D eigenvalue weighted by molar-refractivity contribution is 5.87. The molecule has 0 radical (unpaired) electrons. The van der Waals surface area contributed by atoms with Gasteiger partial charge in [-0.1, -0.05) is 6.07 Å². The fourth-order valence-electron chi connectivity index (χ4n) is 3.91. The summed E-state index contributed by atoms with van der Waals surface area (Å²) in [5.74, 6) is 2.39. The molecule has 1 fully saturated rings. The third kappa shape index (κ3) is 4.97. The summed E-state index contributed by atoms with van der Waals surface area (Å²) in [5, 5.41) is 1.80. The van der Waals surface area contributed by atoms with E-state index in [0.29, 0.717) is 29.7 Å². The molecule has 0 aliphatic carbocycles. The summed E-state index contributed by atoms with van der Waals surface area (Å²) >= 11 is 0. The van der Waals surface area contributed by atoms with Gasteiger partial charge in [0.25, 0.3) is 0 Å². The van der Waals surface area contributed by atoms with E-state index in [1.807, 2.05) is 42.5 Å². The Hall–Kier alpha value is -3.49. The Morgan fingerprint density at radius 1 is 0.970 bits per heavy atom. The molecule has 4 aromatic rings. The van der Waals surface area contributed by atoms with E-state index in [1.165, 1.54) is 6.33 Å². The Bertz CT molecular complexity index is 1240. The number of morpholine rings is 1. The number of methoxy groups -OCH3 is 1. The lowest BCUT2D eigenvalue weighted by Gasteiger charge is -2.26. The molecule has 3 heterocycles. The lowest BCUT2D eigenvalue weighted by atomic mass is 10.2. The van der Waals surface area contributed by atoms with Crippen molar-refractivity contribution in [2.75, 3.05) is 46.6 Å². The van der Waals surface area contributed by atoms with Crippen LogP contribution in [0.5, 0.6) is 23.1 Å². The van der Waals surface area contributed by atoms with Gasteiger partial charge in [-0.05, 0) is 30.7 Å². The smallest absolute Gasteiger partial charge is 0.230 e. The van der Waals surface area contributed by atoms with Crippen LogP contribution in [0, 0.1) is 0 Å². The van der Waals surface area contributed by atoms with Gasteiger partial charge in [-0.15, -0.1) is 0 Å². The Labute approximate surface area is 192 Å². The summed E-state index contributed by atoms with van der Waals surface area (Å²) in [5.41, 5.74) is 1.58. The van der Waals surface area contributed by atoms with E-state index in [4.69, 9.17) is 18.9 Å². The van der Waals surface area contributed by atoms with Crippen molar-refractivity contribution in [3.63, 3.8) is 0 Å². The third-order valence-corrected chi connectivity index (χ3v) is 5.66. The Morgan fingerprint density at radius 3 is 2.76 bits per heavy atom. The average molecular weight is 447 g/mol. The predicted molar refractivity (Wildman–Crippen MR) is 125 cm³/mol. The van der Waals surface area contributed by atoms with Crippen molar-refractivity contribution in [1.29, 1.82) is 0 Å². The van der Waals surface area contributed by atoms with Crippen LogP contribution >= 0.6 is 0 Å². The zero-order chi connectivity index (χ0) is 22.5. The predicted octanol–water partition coefficient (Wildman–Crippen LogP) is 4.08. The molecule has 8 heteroatoms. The molecule has 2 aromatic heterocycles. The van der Waals surface area contributed by atoms with Crippen LogP contribution in [-0.4, -0.2) is 66.4 Å². The fourth-order valence-corrected chi connectivity index (χ4v) is 3.91. The highest BCUT2D eigenvalue weighted by Gasteiger charge is 2.14. The van der Waals surface area contributed by atoms with Crippen LogP contribution in [0.3, 0.4) is 0 Å². The minimum absolute atomic E-state index is 0.451. The molecular weight excluding hydrogens is 420 g/mol. The highest BCUT2D eigenvalue weighted by atomic mass is 16.5. The number of rotatable bonds is 8. The largest absolute Gasteiger partial charge is 0.493 e. The van der Waals surface area contributed by atoms with Gasteiger partial charge in [-0.2, -0.15) is 0 Å². The lowest BCUT2D eigenvalue weighted by molar-refractivity contribution is 0.0357. The lowest BCUT2D eigenvalue weighted by Crippen LogP contribution is -2.37. The van der Waals surface area contributed by atoms with E-state index >= 15 is 0 Å². The second kappa shape index (κ2) is 9.97. The van der Waals surface area contributed by atoms with Crippen molar-refractivity contribution in [1.82, 2.24) is 19.9 Å². The van der Waals surface area contributed by atoms with Gasteiger partial charge in [0.05, 0.1) is 43.4 Å². The zero-order valence-electron chi connectivity index (χ0n) is 18.6. The molecule has 1 saturated heterocycles. The van der Waals surface area contributed by atoms with Crippen molar-refractivity contribution < 1.29 is 18.9 Å². The number of aromatic nitrogens is 3. The first-order valence-corrected chi connectivity index (χ1v) is 11.1. The summed E-state index contributed by atoms with van der Waals surface area (Å²) in [6.07, 6.45) is 4.18. The number of fused-ring (bicyclic) bond motifs is 2. The number of hydrogen-bond donors (Lipinski definition) is 0. The van der Waals surface area contributed by atoms with Gasteiger partial charge in [0.2, 0.25) is 5.88 Å². The second-order valence-electron chi connectivity index (χ2n) is 7.82. The van der Waals surface area contributed by atoms with E-state index in [9.17, 15) is 0 Å². The van der Waals surface area contributed by atoms with Crippen molar-refractivity contribution in [2.24, 2.45) is 0 Å². The fraction of sp³-hybridized carbons (Fsp3) is 0.320. The molecule has 1 aliphatic heterocycles. The first kappa shape index (κ1) is 21.4. The molecule has 170 valence electrons. The Kier molecular flexibility index (Phi) is 6.46. The minimum Gasteiger partial charge on any atom is -0.493 e. The van der Waals surface area contributed by atoms with Gasteiger partial charge < -0.3 is 18.9 Å². The second-order valence-corrected chi connectivity index (χ2v) is 7.82. The van der Waals surface area contributed by atoms with Crippen molar-refractivity contribution in [3.8, 4) is 23.1 Å². The molecule has 0 spiro atoms. The Balaban J connectivity index is 1.33. The summed E-state index contributed by atoms with van der Waals surface area (Å²) in [6.45, 7) is 5.15. The third-order valence-electron chi connectivity index (χ3n) is 5.66. The monoisotopic (exact) mass is 446 g/mol. The van der Waals surface area contributed by atoms with Crippen LogP contribution in [0.1, 0.15) is 6.42 Å². The topological polar surface area (TPSA) is 78.8 Å². The number of benzene rings is 2. The molecule has 0 N–H and O–H groups in total. The maximum Gasteiger partial charge on any atom is 0.230 e. The maximum atomic E-state index is 6.10. The molecular formula is C25H26N4O4. The minimum atomic E-state index is 0.451. The van der Waals surface area contributed by atoms with Gasteiger partial charge >= 0.3 is 0 Å². The standard InChI is InChI=1S/C25H26N4O4/c1-30-23-15-20-22(16-24(23)32-11-3-8-29-9-12-31-13-10-29)27-17-28-25(20)33-19-6-5-18-4-2-7-26-21(18)14-19/h2,4-7,14-17H,3,8-13H2,1H3. The van der Waals surface area contributed by atoms with Crippen LogP contribution in [0.15, 0.2) is 55.0 Å².